The Bertz CT molecular complexity index is 291. The highest BCUT2D eigenvalue weighted by Gasteiger charge is 2.02. The number of carbonyl (C=O) groups excluding carboxylic acids is 1. The van der Waals surface area contributed by atoms with Crippen molar-refractivity contribution in [2.45, 2.75) is 13.3 Å². The molecule has 0 aromatic rings. The van der Waals surface area contributed by atoms with E-state index in [0.717, 1.165) is 0 Å². The second-order valence-electron chi connectivity index (χ2n) is 2.33. The Hall–Kier alpha value is -0.880. The SMILES string of the molecule is CC(=CCCS(=O)(=O)O)C(N)=O. The lowest BCUT2D eigenvalue weighted by Gasteiger charge is -1.94. The van der Waals surface area contributed by atoms with Crippen molar-refractivity contribution in [2.75, 3.05) is 5.75 Å². The summed E-state index contributed by atoms with van der Waals surface area (Å²) in [7, 11) is -3.94. The number of amides is 1. The lowest BCUT2D eigenvalue weighted by molar-refractivity contribution is -0.114. The molecule has 5 nitrogen and oxygen atoms in total. The van der Waals surface area contributed by atoms with E-state index in [1.54, 1.807) is 0 Å². The fourth-order valence-corrected chi connectivity index (χ4v) is 0.941. The molecule has 0 atom stereocenters. The van der Waals surface area contributed by atoms with E-state index in [2.05, 4.69) is 0 Å². The van der Waals surface area contributed by atoms with E-state index in [-0.39, 0.29) is 6.42 Å². The topological polar surface area (TPSA) is 97.5 Å². The zero-order valence-electron chi connectivity index (χ0n) is 6.65. The molecule has 0 saturated carbocycles. The molecule has 12 heavy (non-hydrogen) atoms. The molecular formula is C6H11NO4S. The quantitative estimate of drug-likeness (QED) is 0.473. The summed E-state index contributed by atoms with van der Waals surface area (Å²) in [5, 5.41) is 0. The average molecular weight is 193 g/mol. The first kappa shape index (κ1) is 11.1. The van der Waals surface area contributed by atoms with Gasteiger partial charge < -0.3 is 5.73 Å². The van der Waals surface area contributed by atoms with Gasteiger partial charge in [0.15, 0.2) is 0 Å². The van der Waals surface area contributed by atoms with Crippen LogP contribution in [0.15, 0.2) is 11.6 Å². The molecule has 0 heterocycles. The molecule has 0 aliphatic rings. The number of primary amides is 1. The summed E-state index contributed by atoms with van der Waals surface area (Å²) in [5.41, 5.74) is 5.16. The van der Waals surface area contributed by atoms with Crippen LogP contribution >= 0.6 is 0 Å². The highest BCUT2D eigenvalue weighted by atomic mass is 32.2. The predicted molar refractivity (Wildman–Crippen MR) is 44.0 cm³/mol. The summed E-state index contributed by atoms with van der Waals surface area (Å²) in [6.07, 6.45) is 1.46. The Kier molecular flexibility index (Phi) is 3.91. The first-order chi connectivity index (χ1) is 5.33. The van der Waals surface area contributed by atoms with Gasteiger partial charge in [-0.05, 0) is 13.3 Å². The minimum absolute atomic E-state index is 0.0909. The third kappa shape index (κ3) is 5.87. The standard InChI is InChI=1S/C6H11NO4S/c1-5(6(7)8)3-2-4-12(9,10)11/h3H,2,4H2,1H3,(H2,7,8)(H,9,10,11). The van der Waals surface area contributed by atoms with Gasteiger partial charge in [-0.1, -0.05) is 6.08 Å². The summed E-state index contributed by atoms with van der Waals surface area (Å²) in [4.78, 5) is 10.4. The third-order valence-corrected chi connectivity index (χ3v) is 1.97. The zero-order chi connectivity index (χ0) is 9.78. The molecule has 6 heteroatoms. The van der Waals surface area contributed by atoms with Gasteiger partial charge in [-0.2, -0.15) is 8.42 Å². The van der Waals surface area contributed by atoms with E-state index in [9.17, 15) is 13.2 Å². The smallest absolute Gasteiger partial charge is 0.265 e. The van der Waals surface area contributed by atoms with E-state index in [1.807, 2.05) is 0 Å². The van der Waals surface area contributed by atoms with Crippen LogP contribution in [-0.2, 0) is 14.9 Å². The van der Waals surface area contributed by atoms with Crippen molar-refractivity contribution in [2.24, 2.45) is 5.73 Å². The summed E-state index contributed by atoms with van der Waals surface area (Å²) in [6.45, 7) is 1.48. The number of nitrogens with two attached hydrogens (primary N) is 1. The number of allylic oxidation sites excluding steroid dienone is 1. The fraction of sp³-hybridized carbons (Fsp3) is 0.500. The van der Waals surface area contributed by atoms with Crippen LogP contribution in [-0.4, -0.2) is 24.6 Å². The molecule has 0 unspecified atom stereocenters. The van der Waals surface area contributed by atoms with Crippen LogP contribution in [0.3, 0.4) is 0 Å². The summed E-state index contributed by atoms with van der Waals surface area (Å²) >= 11 is 0. The van der Waals surface area contributed by atoms with Gasteiger partial charge in [-0.25, -0.2) is 0 Å². The van der Waals surface area contributed by atoms with Crippen molar-refractivity contribution in [3.63, 3.8) is 0 Å². The second-order valence-corrected chi connectivity index (χ2v) is 3.90. The molecule has 1 amide bonds. The Balaban J connectivity index is 4.00. The van der Waals surface area contributed by atoms with Gasteiger partial charge in [-0.15, -0.1) is 0 Å². The molecule has 0 aliphatic carbocycles. The van der Waals surface area contributed by atoms with Gasteiger partial charge in [0.05, 0.1) is 5.75 Å². The molecule has 0 bridgehead atoms. The van der Waals surface area contributed by atoms with Gasteiger partial charge in [0, 0.05) is 5.57 Å². The maximum atomic E-state index is 10.4. The highest BCUT2D eigenvalue weighted by molar-refractivity contribution is 7.85. The molecule has 0 radical (unpaired) electrons. The van der Waals surface area contributed by atoms with Crippen LogP contribution in [0.4, 0.5) is 0 Å². The maximum absolute atomic E-state index is 10.4. The van der Waals surface area contributed by atoms with Gasteiger partial charge in [-0.3, -0.25) is 9.35 Å². The lowest BCUT2D eigenvalue weighted by Crippen LogP contribution is -2.12. The van der Waals surface area contributed by atoms with Gasteiger partial charge >= 0.3 is 0 Å². The van der Waals surface area contributed by atoms with Crippen LogP contribution < -0.4 is 5.73 Å². The number of hydrogen-bond acceptors (Lipinski definition) is 3. The molecular weight excluding hydrogens is 182 g/mol. The summed E-state index contributed by atoms with van der Waals surface area (Å²) in [5.74, 6) is -0.984. The predicted octanol–water partition coefficient (Wildman–Crippen LogP) is -0.304. The Morgan fingerprint density at radius 1 is 1.58 bits per heavy atom. The zero-order valence-corrected chi connectivity index (χ0v) is 7.47. The van der Waals surface area contributed by atoms with Crippen LogP contribution in [0.5, 0.6) is 0 Å². The van der Waals surface area contributed by atoms with Gasteiger partial charge in [0.1, 0.15) is 0 Å². The van der Waals surface area contributed by atoms with Crippen molar-refractivity contribution in [3.8, 4) is 0 Å². The summed E-state index contributed by atoms with van der Waals surface area (Å²) in [6, 6.07) is 0. The largest absolute Gasteiger partial charge is 0.366 e. The van der Waals surface area contributed by atoms with E-state index in [0.29, 0.717) is 5.57 Å². The van der Waals surface area contributed by atoms with E-state index in [1.165, 1.54) is 13.0 Å². The van der Waals surface area contributed by atoms with Crippen molar-refractivity contribution in [1.82, 2.24) is 0 Å². The average Bonchev–Trinajstić information content (AvgIpc) is 1.84. The van der Waals surface area contributed by atoms with E-state index < -0.39 is 21.8 Å². The third-order valence-electron chi connectivity index (χ3n) is 1.21. The Morgan fingerprint density at radius 3 is 2.42 bits per heavy atom. The molecule has 0 rings (SSSR count). The maximum Gasteiger partial charge on any atom is 0.265 e. The van der Waals surface area contributed by atoms with Crippen molar-refractivity contribution in [3.05, 3.63) is 11.6 Å². The molecule has 0 aromatic heterocycles. The fourth-order valence-electron chi connectivity index (χ4n) is 0.525. The molecule has 0 aromatic carbocycles. The van der Waals surface area contributed by atoms with Crippen LogP contribution in [0.25, 0.3) is 0 Å². The normalized spacial score (nSPS) is 13.0. The first-order valence-corrected chi connectivity index (χ1v) is 4.85. The Labute approximate surface area is 71.0 Å². The molecule has 0 saturated heterocycles. The molecule has 70 valence electrons. The molecule has 0 fully saturated rings. The lowest BCUT2D eigenvalue weighted by atomic mass is 10.2. The highest BCUT2D eigenvalue weighted by Crippen LogP contribution is 1.96. The molecule has 0 aliphatic heterocycles. The van der Waals surface area contributed by atoms with Crippen LogP contribution in [0, 0.1) is 0 Å². The van der Waals surface area contributed by atoms with Crippen molar-refractivity contribution >= 4 is 16.0 Å². The number of rotatable bonds is 4. The number of carbonyl (C=O) groups is 1. The molecule has 3 N–H and O–H groups in total. The monoisotopic (exact) mass is 193 g/mol. The first-order valence-electron chi connectivity index (χ1n) is 3.24. The molecule has 0 spiro atoms. The van der Waals surface area contributed by atoms with Crippen molar-refractivity contribution < 1.29 is 17.8 Å². The number of hydrogen-bond donors (Lipinski definition) is 2. The van der Waals surface area contributed by atoms with Gasteiger partial charge in [0.25, 0.3) is 10.1 Å². The minimum Gasteiger partial charge on any atom is -0.366 e. The minimum atomic E-state index is -3.94. The van der Waals surface area contributed by atoms with Crippen LogP contribution in [0.1, 0.15) is 13.3 Å². The van der Waals surface area contributed by atoms with E-state index in [4.69, 9.17) is 10.3 Å². The summed E-state index contributed by atoms with van der Waals surface area (Å²) < 4.78 is 28.7. The Morgan fingerprint density at radius 2 is 2.08 bits per heavy atom. The van der Waals surface area contributed by atoms with E-state index >= 15 is 0 Å². The second kappa shape index (κ2) is 4.22. The van der Waals surface area contributed by atoms with Crippen molar-refractivity contribution in [1.29, 1.82) is 0 Å². The van der Waals surface area contributed by atoms with Crippen LogP contribution in [0.2, 0.25) is 0 Å². The van der Waals surface area contributed by atoms with Gasteiger partial charge in [0.2, 0.25) is 5.91 Å².